The number of amides is 3. The first kappa shape index (κ1) is 9.41. The lowest BCUT2D eigenvalue weighted by Gasteiger charge is -2.01. The van der Waals surface area contributed by atoms with Crippen molar-refractivity contribution in [3.05, 3.63) is 0 Å². The molecule has 0 saturated carbocycles. The zero-order chi connectivity index (χ0) is 8.69. The third-order valence-electron chi connectivity index (χ3n) is 0.814. The largest absolute Gasteiger partial charge is 0.350 e. The minimum atomic E-state index is -0.843. The first-order valence-corrected chi connectivity index (χ1v) is 2.94. The highest BCUT2D eigenvalue weighted by atomic mass is 16.2. The smallest absolute Gasteiger partial charge is 0.330 e. The highest BCUT2D eigenvalue weighted by molar-refractivity contribution is 5.81. The van der Waals surface area contributed by atoms with Gasteiger partial charge in [-0.05, 0) is 0 Å². The summed E-state index contributed by atoms with van der Waals surface area (Å²) in [7, 11) is 0. The van der Waals surface area contributed by atoms with Gasteiger partial charge >= 0.3 is 6.03 Å². The van der Waals surface area contributed by atoms with Gasteiger partial charge in [0, 0.05) is 12.8 Å². The first-order valence-electron chi connectivity index (χ1n) is 2.94. The van der Waals surface area contributed by atoms with Crippen molar-refractivity contribution in [2.75, 3.05) is 0 Å². The summed E-state index contributed by atoms with van der Waals surface area (Å²) in [5, 5.41) is 0. The number of aldehydes is 1. The number of urea groups is 1. The minimum absolute atomic E-state index is 0.0454. The Morgan fingerprint density at radius 2 is 2.00 bits per heavy atom. The summed E-state index contributed by atoms with van der Waals surface area (Å²) in [6, 6.07) is -0.843. The molecule has 0 aliphatic carbocycles. The quantitative estimate of drug-likeness (QED) is 0.351. The zero-order valence-electron chi connectivity index (χ0n) is 5.79. The van der Waals surface area contributed by atoms with Gasteiger partial charge in [0.15, 0.2) is 0 Å². The fraction of sp³-hybridized carbons (Fsp3) is 0.400. The molecule has 4 N–H and O–H groups in total. The Morgan fingerprint density at radius 3 is 2.45 bits per heavy atom. The Balaban J connectivity index is 3.37. The molecule has 0 atom stereocenters. The number of carbonyl (C=O) groups excluding carboxylic acids is 3. The lowest BCUT2D eigenvalue weighted by molar-refractivity contribution is -0.123. The van der Waals surface area contributed by atoms with Crippen LogP contribution in [0.15, 0.2) is 0 Å². The highest BCUT2D eigenvalue weighted by Crippen LogP contribution is 1.81. The van der Waals surface area contributed by atoms with Gasteiger partial charge in [0.25, 0.3) is 0 Å². The van der Waals surface area contributed by atoms with Gasteiger partial charge in [-0.15, -0.1) is 0 Å². The fourth-order valence-electron chi connectivity index (χ4n) is 0.384. The van der Waals surface area contributed by atoms with E-state index in [2.05, 4.69) is 5.73 Å². The zero-order valence-corrected chi connectivity index (χ0v) is 5.79. The molecule has 11 heavy (non-hydrogen) atoms. The van der Waals surface area contributed by atoms with Crippen LogP contribution in [0.25, 0.3) is 0 Å². The van der Waals surface area contributed by atoms with E-state index in [-0.39, 0.29) is 12.8 Å². The van der Waals surface area contributed by atoms with E-state index in [0.29, 0.717) is 6.29 Å². The summed E-state index contributed by atoms with van der Waals surface area (Å²) < 4.78 is 0. The Morgan fingerprint density at radius 1 is 1.36 bits per heavy atom. The number of nitrogens with two attached hydrogens (primary N) is 1. The van der Waals surface area contributed by atoms with Crippen LogP contribution in [0, 0.1) is 0 Å². The molecule has 0 aromatic heterocycles. The molecule has 6 nitrogen and oxygen atoms in total. The number of carbonyl (C=O) groups is 3. The van der Waals surface area contributed by atoms with E-state index in [1.165, 1.54) is 0 Å². The molecule has 62 valence electrons. The predicted molar refractivity (Wildman–Crippen MR) is 36.2 cm³/mol. The second-order valence-corrected chi connectivity index (χ2v) is 1.74. The third-order valence-corrected chi connectivity index (χ3v) is 0.814. The van der Waals surface area contributed by atoms with Gasteiger partial charge in [-0.2, -0.15) is 0 Å². The Kier molecular flexibility index (Phi) is 4.46. The molecule has 0 aromatic carbocycles. The van der Waals surface area contributed by atoms with Gasteiger partial charge in [-0.25, -0.2) is 10.2 Å². The molecule has 3 amide bonds. The molecule has 0 fully saturated rings. The lowest BCUT2D eigenvalue weighted by atomic mass is 10.3. The SMILES string of the molecule is NC(=O)NNC(=O)CCC=O. The summed E-state index contributed by atoms with van der Waals surface area (Å²) >= 11 is 0. The van der Waals surface area contributed by atoms with Gasteiger partial charge in [0.1, 0.15) is 6.29 Å². The molecule has 0 unspecified atom stereocenters. The van der Waals surface area contributed by atoms with Crippen molar-refractivity contribution in [3.8, 4) is 0 Å². The highest BCUT2D eigenvalue weighted by Gasteiger charge is 1.99. The number of nitrogens with one attached hydrogen (secondary N) is 2. The van der Waals surface area contributed by atoms with E-state index in [4.69, 9.17) is 0 Å². The molecular formula is C5H9N3O3. The third kappa shape index (κ3) is 6.29. The van der Waals surface area contributed by atoms with Crippen molar-refractivity contribution in [1.29, 1.82) is 0 Å². The topological polar surface area (TPSA) is 101 Å². The Hall–Kier alpha value is -1.59. The van der Waals surface area contributed by atoms with Crippen LogP contribution in [-0.2, 0) is 9.59 Å². The second kappa shape index (κ2) is 5.21. The van der Waals surface area contributed by atoms with Crippen molar-refractivity contribution in [3.63, 3.8) is 0 Å². The summed E-state index contributed by atoms with van der Waals surface area (Å²) in [5.41, 5.74) is 8.51. The van der Waals surface area contributed by atoms with Crippen LogP contribution in [0.5, 0.6) is 0 Å². The van der Waals surface area contributed by atoms with Crippen LogP contribution in [-0.4, -0.2) is 18.2 Å². The maximum absolute atomic E-state index is 10.6. The molecule has 0 aromatic rings. The first-order chi connectivity index (χ1) is 5.16. The van der Waals surface area contributed by atoms with E-state index in [1.807, 2.05) is 10.9 Å². The molecule has 0 spiro atoms. The van der Waals surface area contributed by atoms with E-state index < -0.39 is 11.9 Å². The van der Waals surface area contributed by atoms with Crippen LogP contribution >= 0.6 is 0 Å². The molecule has 0 bridgehead atoms. The summed E-state index contributed by atoms with van der Waals surface area (Å²) in [5.74, 6) is -0.448. The summed E-state index contributed by atoms with van der Waals surface area (Å²) in [6.07, 6.45) is 0.792. The van der Waals surface area contributed by atoms with Gasteiger partial charge < -0.3 is 10.5 Å². The fourth-order valence-corrected chi connectivity index (χ4v) is 0.384. The van der Waals surface area contributed by atoms with Gasteiger partial charge in [-0.3, -0.25) is 10.2 Å². The molecule has 0 radical (unpaired) electrons. The van der Waals surface area contributed by atoms with E-state index in [0.717, 1.165) is 0 Å². The predicted octanol–water partition coefficient (Wildman–Crippen LogP) is -1.34. The number of hydrazine groups is 1. The van der Waals surface area contributed by atoms with Gasteiger partial charge in [0.05, 0.1) is 0 Å². The van der Waals surface area contributed by atoms with E-state index >= 15 is 0 Å². The molecule has 6 heteroatoms. The van der Waals surface area contributed by atoms with E-state index in [9.17, 15) is 14.4 Å². The van der Waals surface area contributed by atoms with Crippen LogP contribution in [0.2, 0.25) is 0 Å². The van der Waals surface area contributed by atoms with Crippen molar-refractivity contribution >= 4 is 18.2 Å². The Bertz CT molecular complexity index is 168. The number of rotatable bonds is 3. The average molecular weight is 159 g/mol. The Labute approximate surface area is 63.1 Å². The maximum Gasteiger partial charge on any atom is 0.330 e. The molecular weight excluding hydrogens is 150 g/mol. The average Bonchev–Trinajstić information content (AvgIpc) is 1.97. The number of primary amides is 1. The maximum atomic E-state index is 10.6. The molecule has 0 rings (SSSR count). The summed E-state index contributed by atoms with van der Waals surface area (Å²) in [6.45, 7) is 0. The molecule has 0 saturated heterocycles. The van der Waals surface area contributed by atoms with Crippen LogP contribution in [0.4, 0.5) is 4.79 Å². The molecule has 0 aliphatic rings. The van der Waals surface area contributed by atoms with Gasteiger partial charge in [0.2, 0.25) is 5.91 Å². The van der Waals surface area contributed by atoms with Crippen LogP contribution in [0.1, 0.15) is 12.8 Å². The normalized spacial score (nSPS) is 8.36. The van der Waals surface area contributed by atoms with Crippen molar-refractivity contribution < 1.29 is 14.4 Å². The number of hydrogen-bond donors (Lipinski definition) is 3. The van der Waals surface area contributed by atoms with Crippen LogP contribution < -0.4 is 16.6 Å². The van der Waals surface area contributed by atoms with Crippen LogP contribution in [0.3, 0.4) is 0 Å². The van der Waals surface area contributed by atoms with Crippen molar-refractivity contribution in [2.24, 2.45) is 5.73 Å². The minimum Gasteiger partial charge on any atom is -0.350 e. The van der Waals surface area contributed by atoms with Gasteiger partial charge in [-0.1, -0.05) is 0 Å². The van der Waals surface area contributed by atoms with Crippen molar-refractivity contribution in [2.45, 2.75) is 12.8 Å². The lowest BCUT2D eigenvalue weighted by Crippen LogP contribution is -2.44. The molecule has 0 aliphatic heterocycles. The monoisotopic (exact) mass is 159 g/mol. The standard InChI is InChI=1S/C5H9N3O3/c6-5(11)8-7-4(10)2-1-3-9/h3H,1-2H2,(H,7,10)(H3,6,8,11). The van der Waals surface area contributed by atoms with Crippen molar-refractivity contribution in [1.82, 2.24) is 10.9 Å². The second-order valence-electron chi connectivity index (χ2n) is 1.74. The van der Waals surface area contributed by atoms with E-state index in [1.54, 1.807) is 0 Å². The molecule has 0 heterocycles. The summed E-state index contributed by atoms with van der Waals surface area (Å²) in [4.78, 5) is 30.3. The number of hydrogen-bond acceptors (Lipinski definition) is 3.